The van der Waals surface area contributed by atoms with Gasteiger partial charge in [-0.15, -0.1) is 0 Å². The third-order valence-electron chi connectivity index (χ3n) is 3.23. The van der Waals surface area contributed by atoms with Crippen LogP contribution in [-0.2, 0) is 0 Å². The molecule has 1 heterocycles. The second-order valence-electron chi connectivity index (χ2n) is 5.07. The van der Waals surface area contributed by atoms with E-state index in [1.165, 1.54) is 0 Å². The Bertz CT molecular complexity index is 562. The molecule has 1 amide bonds. The summed E-state index contributed by atoms with van der Waals surface area (Å²) in [5.41, 5.74) is 1.76. The van der Waals surface area contributed by atoms with Crippen molar-refractivity contribution in [1.29, 1.82) is 0 Å². The number of carbonyl (C=O) groups excluding carboxylic acids is 1. The smallest absolute Gasteiger partial charge is 0.251 e. The molecule has 2 aromatic rings. The molecule has 0 spiro atoms. The number of carbonyl (C=O) groups is 1. The van der Waals surface area contributed by atoms with Gasteiger partial charge in [0.05, 0.1) is 12.3 Å². The van der Waals surface area contributed by atoms with E-state index in [0.717, 1.165) is 11.3 Å². The molecule has 0 aliphatic carbocycles. The van der Waals surface area contributed by atoms with Gasteiger partial charge in [0.15, 0.2) is 0 Å². The second-order valence-corrected chi connectivity index (χ2v) is 5.07. The van der Waals surface area contributed by atoms with Crippen molar-refractivity contribution in [1.82, 2.24) is 10.2 Å². The highest BCUT2D eigenvalue weighted by Gasteiger charge is 2.18. The lowest BCUT2D eigenvalue weighted by molar-refractivity contribution is 0.0939. The highest BCUT2D eigenvalue weighted by atomic mass is 16.3. The highest BCUT2D eigenvalue weighted by molar-refractivity contribution is 5.94. The molecule has 20 heavy (non-hydrogen) atoms. The fourth-order valence-corrected chi connectivity index (χ4v) is 2.10. The van der Waals surface area contributed by atoms with Gasteiger partial charge in [-0.3, -0.25) is 9.69 Å². The zero-order chi connectivity index (χ0) is 14.5. The second kappa shape index (κ2) is 6.39. The highest BCUT2D eigenvalue weighted by Crippen LogP contribution is 2.17. The van der Waals surface area contributed by atoms with E-state index in [-0.39, 0.29) is 11.9 Å². The summed E-state index contributed by atoms with van der Waals surface area (Å²) < 4.78 is 5.42. The van der Waals surface area contributed by atoms with Gasteiger partial charge in [-0.2, -0.15) is 0 Å². The van der Waals surface area contributed by atoms with Crippen LogP contribution in [0.5, 0.6) is 0 Å². The Labute approximate surface area is 119 Å². The molecule has 1 N–H and O–H groups in total. The van der Waals surface area contributed by atoms with Crippen molar-refractivity contribution in [2.45, 2.75) is 13.0 Å². The summed E-state index contributed by atoms with van der Waals surface area (Å²) in [7, 11) is 3.93. The predicted octanol–water partition coefficient (Wildman–Crippen LogP) is 2.62. The van der Waals surface area contributed by atoms with Gasteiger partial charge >= 0.3 is 0 Å². The number of benzene rings is 1. The van der Waals surface area contributed by atoms with Crippen molar-refractivity contribution >= 4 is 5.91 Å². The normalized spacial score (nSPS) is 12.4. The van der Waals surface area contributed by atoms with E-state index in [9.17, 15) is 4.79 Å². The van der Waals surface area contributed by atoms with E-state index in [0.29, 0.717) is 12.1 Å². The zero-order valence-corrected chi connectivity index (χ0v) is 12.1. The van der Waals surface area contributed by atoms with Gasteiger partial charge in [-0.05, 0) is 45.3 Å². The molecular weight excluding hydrogens is 252 g/mol. The average Bonchev–Trinajstić information content (AvgIpc) is 2.92. The Kier molecular flexibility index (Phi) is 4.58. The van der Waals surface area contributed by atoms with Crippen molar-refractivity contribution in [3.8, 4) is 0 Å². The monoisotopic (exact) mass is 272 g/mol. The predicted molar refractivity (Wildman–Crippen MR) is 78.6 cm³/mol. The summed E-state index contributed by atoms with van der Waals surface area (Å²) in [5.74, 6) is 0.784. The number of nitrogens with zero attached hydrogens (tertiary/aromatic N) is 1. The maximum atomic E-state index is 12.1. The summed E-state index contributed by atoms with van der Waals surface area (Å²) in [6.45, 7) is 2.48. The van der Waals surface area contributed by atoms with Crippen LogP contribution in [0.1, 0.15) is 27.7 Å². The molecule has 106 valence electrons. The Morgan fingerprint density at radius 3 is 2.70 bits per heavy atom. The minimum atomic E-state index is -0.0629. The van der Waals surface area contributed by atoms with Gasteiger partial charge in [0.25, 0.3) is 5.91 Å². The number of amides is 1. The quantitative estimate of drug-likeness (QED) is 0.910. The first-order valence-corrected chi connectivity index (χ1v) is 6.62. The number of furan rings is 1. The van der Waals surface area contributed by atoms with Crippen molar-refractivity contribution in [3.63, 3.8) is 0 Å². The third-order valence-corrected chi connectivity index (χ3v) is 3.23. The van der Waals surface area contributed by atoms with Crippen molar-refractivity contribution in [3.05, 3.63) is 59.5 Å². The van der Waals surface area contributed by atoms with Crippen LogP contribution in [-0.4, -0.2) is 31.4 Å². The lowest BCUT2D eigenvalue weighted by Crippen LogP contribution is -2.34. The van der Waals surface area contributed by atoms with E-state index in [2.05, 4.69) is 5.32 Å². The summed E-state index contributed by atoms with van der Waals surface area (Å²) >= 11 is 0. The number of nitrogens with one attached hydrogen (secondary N) is 1. The Balaban J connectivity index is 2.01. The van der Waals surface area contributed by atoms with Crippen molar-refractivity contribution in [2.75, 3.05) is 20.6 Å². The fraction of sp³-hybridized carbons (Fsp3) is 0.312. The van der Waals surface area contributed by atoms with Gasteiger partial charge < -0.3 is 9.73 Å². The Morgan fingerprint density at radius 2 is 2.10 bits per heavy atom. The van der Waals surface area contributed by atoms with Crippen LogP contribution in [0.3, 0.4) is 0 Å². The van der Waals surface area contributed by atoms with Crippen LogP contribution in [0, 0.1) is 6.92 Å². The molecule has 1 aromatic heterocycles. The van der Waals surface area contributed by atoms with Crippen molar-refractivity contribution in [2.24, 2.45) is 0 Å². The number of hydrogen-bond donors (Lipinski definition) is 1. The van der Waals surface area contributed by atoms with Gasteiger partial charge in [-0.1, -0.05) is 17.7 Å². The molecule has 0 saturated heterocycles. The van der Waals surface area contributed by atoms with Crippen LogP contribution >= 0.6 is 0 Å². The van der Waals surface area contributed by atoms with Gasteiger partial charge in [-0.25, -0.2) is 0 Å². The lowest BCUT2D eigenvalue weighted by Gasteiger charge is -2.22. The summed E-state index contributed by atoms with van der Waals surface area (Å²) in [6, 6.07) is 11.4. The van der Waals surface area contributed by atoms with Gasteiger partial charge in [0.2, 0.25) is 0 Å². The largest absolute Gasteiger partial charge is 0.468 e. The molecule has 4 nitrogen and oxygen atoms in total. The number of rotatable bonds is 5. The topological polar surface area (TPSA) is 45.5 Å². The number of likely N-dealkylation sites (N-methyl/N-ethyl adjacent to an activating group) is 1. The first kappa shape index (κ1) is 14.3. The van der Waals surface area contributed by atoms with Crippen LogP contribution in [0.25, 0.3) is 0 Å². The Morgan fingerprint density at radius 1 is 1.30 bits per heavy atom. The standard InChI is InChI=1S/C16H20N2O2/c1-12-6-4-7-13(10-12)16(19)17-11-14(18(2)3)15-8-5-9-20-15/h4-10,14H,11H2,1-3H3,(H,17,19)/t14-/m1/s1. The molecule has 0 radical (unpaired) electrons. The summed E-state index contributed by atoms with van der Waals surface area (Å²) in [4.78, 5) is 14.2. The SMILES string of the molecule is Cc1cccc(C(=O)NC[C@H](c2ccco2)N(C)C)c1. The average molecular weight is 272 g/mol. The number of aryl methyl sites for hydroxylation is 1. The van der Waals surface area contributed by atoms with Crippen LogP contribution in [0.2, 0.25) is 0 Å². The van der Waals surface area contributed by atoms with Gasteiger partial charge in [0.1, 0.15) is 5.76 Å². The Hall–Kier alpha value is -2.07. The van der Waals surface area contributed by atoms with Crippen molar-refractivity contribution < 1.29 is 9.21 Å². The van der Waals surface area contributed by atoms with E-state index < -0.39 is 0 Å². The molecule has 0 aliphatic rings. The molecule has 1 atom stereocenters. The van der Waals surface area contributed by atoms with E-state index >= 15 is 0 Å². The maximum Gasteiger partial charge on any atom is 0.251 e. The van der Waals surface area contributed by atoms with Crippen LogP contribution < -0.4 is 5.32 Å². The minimum Gasteiger partial charge on any atom is -0.468 e. The first-order valence-electron chi connectivity index (χ1n) is 6.62. The molecule has 2 rings (SSSR count). The van der Waals surface area contributed by atoms with E-state index in [1.807, 2.05) is 62.3 Å². The maximum absolute atomic E-state index is 12.1. The minimum absolute atomic E-state index is 0.0266. The molecule has 0 unspecified atom stereocenters. The lowest BCUT2D eigenvalue weighted by atomic mass is 10.1. The molecule has 4 heteroatoms. The molecular formula is C16H20N2O2. The molecule has 1 aromatic carbocycles. The molecule has 0 fully saturated rings. The van der Waals surface area contributed by atoms with Gasteiger partial charge in [0, 0.05) is 12.1 Å². The van der Waals surface area contributed by atoms with E-state index in [1.54, 1.807) is 6.26 Å². The van der Waals surface area contributed by atoms with Crippen LogP contribution in [0.4, 0.5) is 0 Å². The van der Waals surface area contributed by atoms with E-state index in [4.69, 9.17) is 4.42 Å². The summed E-state index contributed by atoms with van der Waals surface area (Å²) in [5, 5.41) is 2.96. The molecule has 0 aliphatic heterocycles. The fourth-order valence-electron chi connectivity index (χ4n) is 2.10. The first-order chi connectivity index (χ1) is 9.58. The third kappa shape index (κ3) is 3.48. The molecule has 0 bridgehead atoms. The van der Waals surface area contributed by atoms with Crippen LogP contribution in [0.15, 0.2) is 47.1 Å². The summed E-state index contributed by atoms with van der Waals surface area (Å²) in [6.07, 6.45) is 1.65. The number of hydrogen-bond acceptors (Lipinski definition) is 3. The molecule has 0 saturated carbocycles. The zero-order valence-electron chi connectivity index (χ0n) is 12.1.